The molecule has 8 heteroatoms. The molecule has 0 unspecified atom stereocenters. The van der Waals surface area contributed by atoms with Crippen LogP contribution in [0.4, 0.5) is 0 Å². The molecule has 0 saturated carbocycles. The van der Waals surface area contributed by atoms with Crippen LogP contribution in [0.3, 0.4) is 0 Å². The van der Waals surface area contributed by atoms with E-state index >= 15 is 0 Å². The minimum absolute atomic E-state index is 0.209. The zero-order chi connectivity index (χ0) is 52.3. The number of carbonyl (C=O) groups excluding carboxylic acids is 3. The van der Waals surface area contributed by atoms with Crippen LogP contribution in [-0.2, 0) is 28.6 Å². The molecule has 0 amide bonds. The summed E-state index contributed by atoms with van der Waals surface area (Å²) in [6.07, 6.45) is 67.2. The Balaban J connectivity index is 4.45. The van der Waals surface area contributed by atoms with Crippen LogP contribution >= 0.6 is 0 Å². The fourth-order valence-electron chi connectivity index (χ4n) is 9.11. The first-order chi connectivity index (χ1) is 35.4. The molecule has 0 spiro atoms. The predicted octanol–water partition coefficient (Wildman–Crippen LogP) is 19.0. The van der Waals surface area contributed by atoms with Crippen molar-refractivity contribution in [1.82, 2.24) is 10.0 Å². The minimum Gasteiger partial charge on any atom is -0.466 e. The third-order valence-electron chi connectivity index (χ3n) is 14.0. The van der Waals surface area contributed by atoms with E-state index in [-0.39, 0.29) is 37.2 Å². The number of allylic oxidation sites excluding steroid dienone is 6. The van der Waals surface area contributed by atoms with Gasteiger partial charge in [0.1, 0.15) is 0 Å². The highest BCUT2D eigenvalue weighted by molar-refractivity contribution is 5.70. The van der Waals surface area contributed by atoms with Crippen LogP contribution in [0.2, 0.25) is 0 Å². The van der Waals surface area contributed by atoms with Crippen LogP contribution in [-0.4, -0.2) is 74.4 Å². The number of unbranched alkanes of at least 4 members (excludes halogenated alkanes) is 36. The molecule has 0 aliphatic heterocycles. The number of nitrogens with zero attached hydrogens (tertiary/aromatic N) is 2. The summed E-state index contributed by atoms with van der Waals surface area (Å²) >= 11 is 0. The molecule has 0 bridgehead atoms. The van der Waals surface area contributed by atoms with Crippen LogP contribution in [0.1, 0.15) is 310 Å². The fourth-order valence-corrected chi connectivity index (χ4v) is 9.11. The number of rotatable bonds is 58. The highest BCUT2D eigenvalue weighted by Crippen LogP contribution is 2.14. The van der Waals surface area contributed by atoms with Crippen LogP contribution in [0, 0.1) is 0 Å². The van der Waals surface area contributed by atoms with Crippen LogP contribution in [0.25, 0.3) is 0 Å². The molecule has 0 aliphatic rings. The molecule has 0 rings (SSSR count). The van der Waals surface area contributed by atoms with Crippen LogP contribution < -0.4 is 0 Å². The molecule has 0 aromatic rings. The number of carbonyl (C=O) groups is 3. The normalized spacial score (nSPS) is 11.9. The number of hydrazine groups is 1. The first kappa shape index (κ1) is 69.5. The Morgan fingerprint density at radius 2 is 0.500 bits per heavy atom. The van der Waals surface area contributed by atoms with E-state index in [1.165, 1.54) is 231 Å². The lowest BCUT2D eigenvalue weighted by atomic mass is 10.1. The molecule has 8 nitrogen and oxygen atoms in total. The lowest BCUT2D eigenvalue weighted by Crippen LogP contribution is -2.43. The Labute approximate surface area is 447 Å². The molecular formula is C64H120N2O6. The van der Waals surface area contributed by atoms with E-state index in [0.29, 0.717) is 39.5 Å². The van der Waals surface area contributed by atoms with E-state index < -0.39 is 0 Å². The lowest BCUT2D eigenvalue weighted by molar-refractivity contribution is -0.149. The van der Waals surface area contributed by atoms with Crippen molar-refractivity contribution in [2.24, 2.45) is 0 Å². The minimum atomic E-state index is -0.223. The topological polar surface area (TPSA) is 85.4 Å². The van der Waals surface area contributed by atoms with Crippen molar-refractivity contribution < 1.29 is 28.6 Å². The van der Waals surface area contributed by atoms with E-state index in [9.17, 15) is 14.4 Å². The molecule has 0 aliphatic carbocycles. The highest BCUT2D eigenvalue weighted by Gasteiger charge is 2.18. The zero-order valence-electron chi connectivity index (χ0n) is 48.4. The molecule has 0 heterocycles. The van der Waals surface area contributed by atoms with Gasteiger partial charge in [-0.1, -0.05) is 231 Å². The third kappa shape index (κ3) is 55.3. The second kappa shape index (κ2) is 59.4. The average molecular weight is 1010 g/mol. The van der Waals surface area contributed by atoms with Crippen molar-refractivity contribution in [1.29, 1.82) is 0 Å². The van der Waals surface area contributed by atoms with Crippen molar-refractivity contribution in [3.63, 3.8) is 0 Å². The average Bonchev–Trinajstić information content (AvgIpc) is 3.38. The lowest BCUT2D eigenvalue weighted by Gasteiger charge is -2.31. The second-order valence-corrected chi connectivity index (χ2v) is 21.1. The molecule has 72 heavy (non-hydrogen) atoms. The summed E-state index contributed by atoms with van der Waals surface area (Å²) in [6, 6.07) is 0. The number of hydrogen-bond acceptors (Lipinski definition) is 8. The van der Waals surface area contributed by atoms with Crippen molar-refractivity contribution in [2.45, 2.75) is 310 Å². The summed E-state index contributed by atoms with van der Waals surface area (Å²) in [5.41, 5.74) is 0. The maximum absolute atomic E-state index is 12.8. The van der Waals surface area contributed by atoms with Gasteiger partial charge in [-0.25, -0.2) is 10.0 Å². The van der Waals surface area contributed by atoms with Gasteiger partial charge < -0.3 is 14.2 Å². The van der Waals surface area contributed by atoms with Gasteiger partial charge in [-0.3, -0.25) is 14.4 Å². The van der Waals surface area contributed by atoms with Crippen molar-refractivity contribution >= 4 is 17.9 Å². The molecule has 0 radical (unpaired) electrons. The molecule has 0 aromatic heterocycles. The largest absolute Gasteiger partial charge is 0.466 e. The van der Waals surface area contributed by atoms with E-state index in [0.717, 1.165) is 38.5 Å². The molecular weight excluding hydrogens is 893 g/mol. The summed E-state index contributed by atoms with van der Waals surface area (Å²) in [4.78, 5) is 38.3. The fraction of sp³-hybridized carbons (Fsp3) is 0.859. The Bertz CT molecular complexity index is 1180. The van der Waals surface area contributed by atoms with Gasteiger partial charge in [-0.05, 0) is 96.3 Å². The Kier molecular flexibility index (Phi) is 57.4. The predicted molar refractivity (Wildman–Crippen MR) is 309 cm³/mol. The van der Waals surface area contributed by atoms with Gasteiger partial charge in [0.05, 0.1) is 39.1 Å². The maximum Gasteiger partial charge on any atom is 0.307 e. The number of ether oxygens (including phenoxy) is 3. The van der Waals surface area contributed by atoms with Crippen molar-refractivity contribution in [3.8, 4) is 0 Å². The second-order valence-electron chi connectivity index (χ2n) is 21.1. The van der Waals surface area contributed by atoms with Gasteiger partial charge in [0.25, 0.3) is 0 Å². The maximum atomic E-state index is 12.8. The summed E-state index contributed by atoms with van der Waals surface area (Å²) in [5.74, 6) is -0.655. The summed E-state index contributed by atoms with van der Waals surface area (Å²) < 4.78 is 16.8. The van der Waals surface area contributed by atoms with E-state index in [1.807, 2.05) is 17.1 Å². The van der Waals surface area contributed by atoms with E-state index in [2.05, 4.69) is 57.2 Å². The standard InChI is InChI=1S/C64H120N2O6/c1-5-8-11-14-17-20-23-26-29-32-35-38-41-44-47-50-59-70-62(67)53-56-65(4)66(57-54-63(68)71-60-51-48-45-42-39-36-33-30-27-24-21-18-15-12-9-6-2)58-55-64(69)72-61-52-49-46-43-40-37-34-31-28-25-22-19-16-13-10-7-3/h26-31H,5-25,32-61H2,1-4H3/b29-26-,30-27-,31-28-. The molecule has 0 fully saturated rings. The molecule has 0 N–H and O–H groups in total. The first-order valence-corrected chi connectivity index (χ1v) is 31.3. The number of esters is 3. The van der Waals surface area contributed by atoms with Crippen LogP contribution in [0.15, 0.2) is 36.5 Å². The quantitative estimate of drug-likeness (QED) is 0.0196. The molecule has 422 valence electrons. The van der Waals surface area contributed by atoms with E-state index in [1.54, 1.807) is 0 Å². The third-order valence-corrected chi connectivity index (χ3v) is 14.0. The van der Waals surface area contributed by atoms with Gasteiger partial charge in [-0.2, -0.15) is 0 Å². The Morgan fingerprint density at radius 1 is 0.292 bits per heavy atom. The van der Waals surface area contributed by atoms with Crippen LogP contribution in [0.5, 0.6) is 0 Å². The van der Waals surface area contributed by atoms with Gasteiger partial charge in [0.2, 0.25) is 0 Å². The Hall–Kier alpha value is -2.45. The van der Waals surface area contributed by atoms with Gasteiger partial charge >= 0.3 is 17.9 Å². The zero-order valence-corrected chi connectivity index (χ0v) is 48.4. The molecule has 0 atom stereocenters. The summed E-state index contributed by atoms with van der Waals surface area (Å²) in [5, 5.41) is 3.93. The summed E-state index contributed by atoms with van der Waals surface area (Å²) in [7, 11) is 1.91. The number of hydrogen-bond donors (Lipinski definition) is 0. The Morgan fingerprint density at radius 3 is 0.750 bits per heavy atom. The monoisotopic (exact) mass is 1010 g/mol. The summed E-state index contributed by atoms with van der Waals surface area (Å²) in [6.45, 7) is 9.43. The molecule has 0 saturated heterocycles. The smallest absolute Gasteiger partial charge is 0.307 e. The molecule has 0 aromatic carbocycles. The van der Waals surface area contributed by atoms with Gasteiger partial charge in [-0.15, -0.1) is 0 Å². The van der Waals surface area contributed by atoms with Gasteiger partial charge in [0, 0.05) is 26.7 Å². The highest BCUT2D eigenvalue weighted by atomic mass is 16.5. The van der Waals surface area contributed by atoms with Crippen molar-refractivity contribution in [3.05, 3.63) is 36.5 Å². The SMILES string of the molecule is CCCCCCCC/C=C\CCCCCCCCOC(=O)CCN(C)N(CCC(=O)OCCCCCCCC/C=C\CCCCCCCC)CCC(=O)OCCCCCCCC/C=C\CCCCCCCC. The van der Waals surface area contributed by atoms with Gasteiger partial charge in [0.15, 0.2) is 0 Å². The van der Waals surface area contributed by atoms with Crippen molar-refractivity contribution in [2.75, 3.05) is 46.5 Å². The van der Waals surface area contributed by atoms with E-state index in [4.69, 9.17) is 14.2 Å². The first-order valence-electron chi connectivity index (χ1n) is 31.3.